The fraction of sp³-hybridized carbons (Fsp3) is 0.344. The summed E-state index contributed by atoms with van der Waals surface area (Å²) in [6.45, 7) is 2.28. The molecule has 0 bridgehead atoms. The molecule has 2 aliphatic heterocycles. The first-order chi connectivity index (χ1) is 21.1. The first-order valence-corrected chi connectivity index (χ1v) is 15.0. The van der Waals surface area contributed by atoms with Gasteiger partial charge in [-0.1, -0.05) is 6.07 Å². The van der Waals surface area contributed by atoms with E-state index in [9.17, 15) is 4.79 Å². The Labute approximate surface area is 248 Å². The monoisotopic (exact) mass is 575 g/mol. The third-order valence-electron chi connectivity index (χ3n) is 8.99. The number of nitrogen functional groups attached to an aromatic ring is 1. The van der Waals surface area contributed by atoms with Crippen LogP contribution >= 0.6 is 0 Å². The SMILES string of the molecule is Nc1ncccc1-c1nc2ccc(-n3cccn3)nc2n1-c1ccc2c(c1)CC[C@@H]2NC1CCN(C(=O)[C@H]2CCO2)CC1. The second kappa shape index (κ2) is 10.6. The number of aromatic nitrogens is 6. The number of imidazole rings is 1. The summed E-state index contributed by atoms with van der Waals surface area (Å²) in [7, 11) is 0. The number of nitrogens with two attached hydrogens (primary N) is 1. The van der Waals surface area contributed by atoms with Crippen LogP contribution in [0.25, 0.3) is 34.1 Å². The van der Waals surface area contributed by atoms with Crippen LogP contribution in [0, 0.1) is 0 Å². The molecule has 2 atom stereocenters. The molecule has 0 spiro atoms. The van der Waals surface area contributed by atoms with Crippen molar-refractivity contribution in [2.24, 2.45) is 0 Å². The average molecular weight is 576 g/mol. The molecule has 2 saturated heterocycles. The molecule has 218 valence electrons. The number of likely N-dealkylation sites (tertiary alicyclic amines) is 1. The predicted octanol–water partition coefficient (Wildman–Crippen LogP) is 3.61. The van der Waals surface area contributed by atoms with Gasteiger partial charge in [-0.25, -0.2) is 19.6 Å². The average Bonchev–Trinajstić information content (AvgIpc) is 3.76. The van der Waals surface area contributed by atoms with E-state index >= 15 is 0 Å². The van der Waals surface area contributed by atoms with E-state index in [0.29, 0.717) is 36.2 Å². The molecular formula is C32H33N9O2. The summed E-state index contributed by atoms with van der Waals surface area (Å²) in [6.07, 6.45) is 9.90. The zero-order valence-electron chi connectivity index (χ0n) is 23.8. The normalized spacial score (nSPS) is 20.3. The van der Waals surface area contributed by atoms with Gasteiger partial charge in [-0.2, -0.15) is 5.10 Å². The number of amides is 1. The van der Waals surface area contributed by atoms with E-state index in [1.54, 1.807) is 17.1 Å². The number of nitrogens with zero attached hydrogens (tertiary/aromatic N) is 7. The van der Waals surface area contributed by atoms with Crippen molar-refractivity contribution >= 4 is 22.9 Å². The van der Waals surface area contributed by atoms with Gasteiger partial charge in [0.05, 0.1) is 12.2 Å². The summed E-state index contributed by atoms with van der Waals surface area (Å²) in [5.74, 6) is 1.99. The van der Waals surface area contributed by atoms with Gasteiger partial charge in [0.1, 0.15) is 17.4 Å². The molecule has 2 fully saturated rings. The summed E-state index contributed by atoms with van der Waals surface area (Å²) in [6, 6.07) is 16.9. The molecule has 0 radical (unpaired) electrons. The lowest BCUT2D eigenvalue weighted by molar-refractivity contribution is -0.157. The molecule has 11 nitrogen and oxygen atoms in total. The standard InChI is InChI=1S/C32H33N9O2/c33-29-24(3-1-13-34-29)30-37-26-8-9-28(40-15-2-14-35-40)38-31(26)41(30)22-5-6-23-20(19-22)4-7-25(23)36-21-10-16-39(17-11-21)32(42)27-12-18-43-27/h1-3,5-6,8-9,13-15,19,21,25,27,36H,4,7,10-12,16-18H2,(H2,33,34)/t25-,27+/m0/s1. The maximum Gasteiger partial charge on any atom is 0.251 e. The summed E-state index contributed by atoms with van der Waals surface area (Å²) >= 11 is 0. The van der Waals surface area contributed by atoms with Gasteiger partial charge in [-0.05, 0) is 79.3 Å². The number of nitrogens with one attached hydrogen (secondary N) is 1. The van der Waals surface area contributed by atoms with Crippen molar-refractivity contribution in [1.82, 2.24) is 39.5 Å². The minimum atomic E-state index is -0.213. The van der Waals surface area contributed by atoms with Crippen molar-refractivity contribution in [2.75, 3.05) is 25.4 Å². The van der Waals surface area contributed by atoms with E-state index in [2.05, 4.69) is 38.2 Å². The molecule has 0 saturated carbocycles. The van der Waals surface area contributed by atoms with E-state index in [4.69, 9.17) is 20.4 Å². The molecular weight excluding hydrogens is 542 g/mol. The Kier molecular flexibility index (Phi) is 6.41. The van der Waals surface area contributed by atoms with Crippen molar-refractivity contribution in [1.29, 1.82) is 0 Å². The van der Waals surface area contributed by atoms with Crippen LogP contribution in [-0.2, 0) is 16.0 Å². The van der Waals surface area contributed by atoms with Crippen LogP contribution in [0.3, 0.4) is 0 Å². The number of carbonyl (C=O) groups excluding carboxylic acids is 1. The van der Waals surface area contributed by atoms with Gasteiger partial charge in [0.25, 0.3) is 5.91 Å². The Balaban J connectivity index is 1.09. The zero-order valence-corrected chi connectivity index (χ0v) is 23.8. The number of ether oxygens (including phenoxy) is 1. The van der Waals surface area contributed by atoms with Gasteiger partial charge >= 0.3 is 0 Å². The van der Waals surface area contributed by atoms with Crippen molar-refractivity contribution in [3.8, 4) is 22.9 Å². The smallest absolute Gasteiger partial charge is 0.251 e. The number of hydrogen-bond acceptors (Lipinski definition) is 8. The lowest BCUT2D eigenvalue weighted by Crippen LogP contribution is -2.51. The highest BCUT2D eigenvalue weighted by Crippen LogP contribution is 2.36. The number of carbonyl (C=O) groups is 1. The Morgan fingerprint density at radius 2 is 1.88 bits per heavy atom. The number of anilines is 1. The van der Waals surface area contributed by atoms with Gasteiger partial charge < -0.3 is 20.7 Å². The van der Waals surface area contributed by atoms with Crippen LogP contribution in [0.2, 0.25) is 0 Å². The fourth-order valence-electron chi connectivity index (χ4n) is 6.61. The highest BCUT2D eigenvalue weighted by molar-refractivity contribution is 5.83. The first-order valence-electron chi connectivity index (χ1n) is 15.0. The van der Waals surface area contributed by atoms with Crippen molar-refractivity contribution in [2.45, 2.75) is 50.3 Å². The lowest BCUT2D eigenvalue weighted by Gasteiger charge is -2.37. The second-order valence-corrected chi connectivity index (χ2v) is 11.6. The second-order valence-electron chi connectivity index (χ2n) is 11.6. The zero-order chi connectivity index (χ0) is 28.9. The highest BCUT2D eigenvalue weighted by atomic mass is 16.5. The molecule has 11 heteroatoms. The van der Waals surface area contributed by atoms with Crippen molar-refractivity contribution in [3.63, 3.8) is 0 Å². The van der Waals surface area contributed by atoms with Crippen LogP contribution in [0.1, 0.15) is 42.9 Å². The topological polar surface area (TPSA) is 129 Å². The molecule has 1 amide bonds. The highest BCUT2D eigenvalue weighted by Gasteiger charge is 2.34. The largest absolute Gasteiger partial charge is 0.383 e. The van der Waals surface area contributed by atoms with Gasteiger partial charge in [0, 0.05) is 55.9 Å². The summed E-state index contributed by atoms with van der Waals surface area (Å²) < 4.78 is 9.23. The molecule has 6 heterocycles. The Hall–Kier alpha value is -4.61. The van der Waals surface area contributed by atoms with Crippen LogP contribution < -0.4 is 11.1 Å². The maximum absolute atomic E-state index is 12.6. The predicted molar refractivity (Wildman–Crippen MR) is 162 cm³/mol. The molecule has 1 aliphatic carbocycles. The number of aryl methyl sites for hydroxylation is 1. The summed E-state index contributed by atoms with van der Waals surface area (Å²) in [4.78, 5) is 28.8. The molecule has 4 aromatic heterocycles. The number of rotatable bonds is 6. The molecule has 5 aromatic rings. The van der Waals surface area contributed by atoms with E-state index in [-0.39, 0.29) is 12.0 Å². The molecule has 1 aromatic carbocycles. The fourth-order valence-corrected chi connectivity index (χ4v) is 6.61. The maximum atomic E-state index is 12.6. The summed E-state index contributed by atoms with van der Waals surface area (Å²) in [5.41, 5.74) is 12.2. The molecule has 3 aliphatic rings. The molecule has 8 rings (SSSR count). The molecule has 0 unspecified atom stereocenters. The third-order valence-corrected chi connectivity index (χ3v) is 8.99. The number of hydrogen-bond donors (Lipinski definition) is 2. The van der Waals surface area contributed by atoms with Crippen molar-refractivity contribution < 1.29 is 9.53 Å². The van der Waals surface area contributed by atoms with Crippen molar-refractivity contribution in [3.05, 3.63) is 78.2 Å². The minimum Gasteiger partial charge on any atom is -0.383 e. The third kappa shape index (κ3) is 4.65. The lowest BCUT2D eigenvalue weighted by atomic mass is 10.0. The molecule has 43 heavy (non-hydrogen) atoms. The van der Waals surface area contributed by atoms with Gasteiger partial charge in [0.15, 0.2) is 17.3 Å². The number of fused-ring (bicyclic) bond motifs is 2. The summed E-state index contributed by atoms with van der Waals surface area (Å²) in [5, 5.41) is 8.27. The van der Waals surface area contributed by atoms with Crippen LogP contribution in [0.15, 0.2) is 67.1 Å². The van der Waals surface area contributed by atoms with E-state index in [0.717, 1.165) is 67.6 Å². The van der Waals surface area contributed by atoms with E-state index in [1.165, 1.54) is 11.1 Å². The quantitative estimate of drug-likeness (QED) is 0.314. The molecule has 3 N–H and O–H groups in total. The van der Waals surface area contributed by atoms with Crippen LogP contribution in [-0.4, -0.2) is 71.9 Å². The van der Waals surface area contributed by atoms with Crippen LogP contribution in [0.4, 0.5) is 5.82 Å². The Morgan fingerprint density at radius 1 is 1.00 bits per heavy atom. The Morgan fingerprint density at radius 3 is 2.65 bits per heavy atom. The van der Waals surface area contributed by atoms with Crippen LogP contribution in [0.5, 0.6) is 0 Å². The minimum absolute atomic E-state index is 0.161. The first kappa shape index (κ1) is 26.1. The van der Waals surface area contributed by atoms with Gasteiger partial charge in [0.2, 0.25) is 0 Å². The Bertz CT molecular complexity index is 1800. The van der Waals surface area contributed by atoms with Gasteiger partial charge in [-0.3, -0.25) is 9.36 Å². The van der Waals surface area contributed by atoms with Gasteiger partial charge in [-0.15, -0.1) is 0 Å². The van der Waals surface area contributed by atoms with E-state index in [1.807, 2.05) is 41.4 Å². The number of benzene rings is 1. The number of pyridine rings is 2. The number of piperidine rings is 1. The van der Waals surface area contributed by atoms with E-state index < -0.39 is 0 Å².